The van der Waals surface area contributed by atoms with Crippen molar-refractivity contribution < 1.29 is 14.5 Å². The predicted molar refractivity (Wildman–Crippen MR) is 99.8 cm³/mol. The lowest BCUT2D eigenvalue weighted by Gasteiger charge is -2.23. The van der Waals surface area contributed by atoms with Crippen LogP contribution < -0.4 is 9.64 Å². The maximum absolute atomic E-state index is 12.0. The third-order valence-corrected chi connectivity index (χ3v) is 4.87. The quantitative estimate of drug-likeness (QED) is 0.473. The SMILES string of the molecule is COc1ccc2c(c1)C(C)(C)C(=CC=C1C=C([N+](=O)[O-])C=CC1=O)N2C. The van der Waals surface area contributed by atoms with Crippen LogP contribution in [-0.2, 0) is 10.2 Å². The lowest BCUT2D eigenvalue weighted by molar-refractivity contribution is -0.419. The van der Waals surface area contributed by atoms with Gasteiger partial charge in [0.05, 0.1) is 12.0 Å². The normalized spacial score (nSPS) is 21.2. The third-order valence-electron chi connectivity index (χ3n) is 4.87. The van der Waals surface area contributed by atoms with Crippen LogP contribution in [0.15, 0.2) is 65.5 Å². The minimum Gasteiger partial charge on any atom is -0.497 e. The fourth-order valence-electron chi connectivity index (χ4n) is 3.39. The summed E-state index contributed by atoms with van der Waals surface area (Å²) in [6.45, 7) is 4.19. The first-order valence-corrected chi connectivity index (χ1v) is 8.19. The van der Waals surface area contributed by atoms with Gasteiger partial charge in [-0.2, -0.15) is 0 Å². The van der Waals surface area contributed by atoms with E-state index < -0.39 is 4.92 Å². The Balaban J connectivity index is 2.03. The van der Waals surface area contributed by atoms with Crippen LogP contribution in [0, 0.1) is 10.1 Å². The molecular weight excluding hydrogens is 332 g/mol. The van der Waals surface area contributed by atoms with Crippen LogP contribution in [0.2, 0.25) is 0 Å². The topological polar surface area (TPSA) is 72.7 Å². The van der Waals surface area contributed by atoms with Crippen LogP contribution in [0.4, 0.5) is 5.69 Å². The molecule has 0 aromatic heterocycles. The van der Waals surface area contributed by atoms with Gasteiger partial charge in [0, 0.05) is 41.6 Å². The summed E-state index contributed by atoms with van der Waals surface area (Å²) in [5.74, 6) is 0.543. The van der Waals surface area contributed by atoms with E-state index in [1.54, 1.807) is 13.2 Å². The second kappa shape index (κ2) is 6.29. The van der Waals surface area contributed by atoms with Crippen LogP contribution in [0.25, 0.3) is 0 Å². The maximum Gasteiger partial charge on any atom is 0.270 e. The zero-order valence-corrected chi connectivity index (χ0v) is 15.1. The lowest BCUT2D eigenvalue weighted by atomic mass is 9.83. The molecule has 0 N–H and O–H groups in total. The number of carbonyl (C=O) groups excluding carboxylic acids is 1. The van der Waals surface area contributed by atoms with Crippen LogP contribution in [0.1, 0.15) is 19.4 Å². The van der Waals surface area contributed by atoms with E-state index in [0.717, 1.165) is 22.7 Å². The Bertz CT molecular complexity index is 920. The number of carbonyl (C=O) groups is 1. The molecule has 1 heterocycles. The molecule has 6 heteroatoms. The molecule has 0 atom stereocenters. The summed E-state index contributed by atoms with van der Waals surface area (Å²) in [4.78, 5) is 24.5. The Morgan fingerprint density at radius 3 is 2.62 bits per heavy atom. The van der Waals surface area contributed by atoms with E-state index in [4.69, 9.17) is 4.74 Å². The molecule has 0 saturated heterocycles. The van der Waals surface area contributed by atoms with E-state index in [0.29, 0.717) is 5.57 Å². The van der Waals surface area contributed by atoms with Gasteiger partial charge in [-0.15, -0.1) is 0 Å². The van der Waals surface area contributed by atoms with Gasteiger partial charge in [-0.25, -0.2) is 0 Å². The van der Waals surface area contributed by atoms with Crippen LogP contribution in [-0.4, -0.2) is 24.9 Å². The Hall–Kier alpha value is -3.15. The highest BCUT2D eigenvalue weighted by Crippen LogP contribution is 2.48. The number of fused-ring (bicyclic) bond motifs is 1. The van der Waals surface area contributed by atoms with Gasteiger partial charge in [-0.1, -0.05) is 13.8 Å². The summed E-state index contributed by atoms with van der Waals surface area (Å²) < 4.78 is 5.33. The molecule has 0 bridgehead atoms. The average molecular weight is 352 g/mol. The molecule has 134 valence electrons. The van der Waals surface area contributed by atoms with Crippen molar-refractivity contribution in [1.29, 1.82) is 0 Å². The van der Waals surface area contributed by atoms with Crippen molar-refractivity contribution in [3.05, 3.63) is 81.2 Å². The van der Waals surface area contributed by atoms with Crippen molar-refractivity contribution >= 4 is 11.5 Å². The highest BCUT2D eigenvalue weighted by atomic mass is 16.6. The second-order valence-corrected chi connectivity index (χ2v) is 6.76. The van der Waals surface area contributed by atoms with Crippen molar-refractivity contribution in [3.63, 3.8) is 0 Å². The summed E-state index contributed by atoms with van der Waals surface area (Å²) in [6, 6.07) is 5.93. The van der Waals surface area contributed by atoms with Gasteiger partial charge in [-0.05, 0) is 42.0 Å². The first-order chi connectivity index (χ1) is 12.3. The number of likely N-dealkylation sites (N-methyl/N-ethyl adjacent to an activating group) is 1. The predicted octanol–water partition coefficient (Wildman–Crippen LogP) is 3.53. The average Bonchev–Trinajstić information content (AvgIpc) is 2.80. The van der Waals surface area contributed by atoms with E-state index in [1.807, 2.05) is 31.3 Å². The smallest absolute Gasteiger partial charge is 0.270 e. The molecule has 3 rings (SSSR count). The molecule has 26 heavy (non-hydrogen) atoms. The number of hydrogen-bond donors (Lipinski definition) is 0. The monoisotopic (exact) mass is 352 g/mol. The molecule has 6 nitrogen and oxygen atoms in total. The van der Waals surface area contributed by atoms with E-state index in [-0.39, 0.29) is 16.9 Å². The van der Waals surface area contributed by atoms with Crippen molar-refractivity contribution in [2.75, 3.05) is 19.1 Å². The largest absolute Gasteiger partial charge is 0.497 e. The fourth-order valence-corrected chi connectivity index (χ4v) is 3.39. The number of nitrogens with zero attached hydrogens (tertiary/aromatic N) is 2. The zero-order valence-electron chi connectivity index (χ0n) is 15.1. The molecule has 2 aliphatic rings. The van der Waals surface area contributed by atoms with E-state index in [9.17, 15) is 14.9 Å². The summed E-state index contributed by atoms with van der Waals surface area (Å²) in [6.07, 6.45) is 7.25. The molecule has 0 spiro atoms. The lowest BCUT2D eigenvalue weighted by Crippen LogP contribution is -2.22. The van der Waals surface area contributed by atoms with Gasteiger partial charge in [0.2, 0.25) is 0 Å². The van der Waals surface area contributed by atoms with Crippen LogP contribution in [0.5, 0.6) is 5.75 Å². The molecular formula is C20H20N2O4. The number of anilines is 1. The first-order valence-electron chi connectivity index (χ1n) is 8.19. The minimum atomic E-state index is -0.502. The summed E-state index contributed by atoms with van der Waals surface area (Å²) in [5.41, 5.74) is 3.09. The zero-order chi connectivity index (χ0) is 19.1. The van der Waals surface area contributed by atoms with Gasteiger partial charge in [0.25, 0.3) is 5.70 Å². The maximum atomic E-state index is 12.0. The van der Waals surface area contributed by atoms with E-state index in [1.165, 1.54) is 18.2 Å². The summed E-state index contributed by atoms with van der Waals surface area (Å²) in [7, 11) is 3.60. The molecule has 0 radical (unpaired) electrons. The van der Waals surface area contributed by atoms with Gasteiger partial charge in [0.15, 0.2) is 5.78 Å². The summed E-state index contributed by atoms with van der Waals surface area (Å²) >= 11 is 0. The van der Waals surface area contributed by atoms with Crippen molar-refractivity contribution in [2.45, 2.75) is 19.3 Å². The Labute approximate surface area is 151 Å². The van der Waals surface area contributed by atoms with Gasteiger partial charge in [0.1, 0.15) is 5.75 Å². The number of hydrogen-bond acceptors (Lipinski definition) is 5. The third kappa shape index (κ3) is 2.83. The van der Waals surface area contributed by atoms with Crippen LogP contribution in [0.3, 0.4) is 0 Å². The second-order valence-electron chi connectivity index (χ2n) is 6.76. The van der Waals surface area contributed by atoms with Gasteiger partial charge < -0.3 is 9.64 Å². The molecule has 0 unspecified atom stereocenters. The first kappa shape index (κ1) is 17.7. The number of ketones is 1. The van der Waals surface area contributed by atoms with Crippen molar-refractivity contribution in [1.82, 2.24) is 0 Å². The number of rotatable bonds is 3. The van der Waals surface area contributed by atoms with Crippen molar-refractivity contribution in [2.24, 2.45) is 0 Å². The van der Waals surface area contributed by atoms with E-state index in [2.05, 4.69) is 18.7 Å². The Kier molecular flexibility index (Phi) is 4.28. The number of benzene rings is 1. The van der Waals surface area contributed by atoms with Crippen LogP contribution >= 0.6 is 0 Å². The number of methoxy groups -OCH3 is 1. The van der Waals surface area contributed by atoms with Crippen molar-refractivity contribution in [3.8, 4) is 5.75 Å². The fraction of sp³-hybridized carbons (Fsp3) is 0.250. The molecule has 1 aliphatic carbocycles. The number of allylic oxidation sites excluding steroid dienone is 7. The molecule has 1 aromatic rings. The minimum absolute atomic E-state index is 0.0960. The van der Waals surface area contributed by atoms with Gasteiger partial charge >= 0.3 is 0 Å². The highest BCUT2D eigenvalue weighted by Gasteiger charge is 2.38. The molecule has 1 aliphatic heterocycles. The Morgan fingerprint density at radius 2 is 1.96 bits per heavy atom. The Morgan fingerprint density at radius 1 is 1.23 bits per heavy atom. The molecule has 0 saturated carbocycles. The molecule has 0 amide bonds. The molecule has 1 aromatic carbocycles. The molecule has 0 fully saturated rings. The number of ether oxygens (including phenoxy) is 1. The van der Waals surface area contributed by atoms with Gasteiger partial charge in [-0.3, -0.25) is 14.9 Å². The summed E-state index contributed by atoms with van der Waals surface area (Å²) in [5, 5.41) is 10.9. The number of nitro groups is 1. The van der Waals surface area contributed by atoms with E-state index >= 15 is 0 Å². The standard InChI is InChI=1S/C20H20N2O4/c1-20(2)16-12-15(26-4)7-8-17(16)21(3)19(20)10-5-13-11-14(22(24)25)6-9-18(13)23/h5-12H,1-4H3. The highest BCUT2D eigenvalue weighted by molar-refractivity contribution is 6.07.